The molecule has 0 unspecified atom stereocenters. The van der Waals surface area contributed by atoms with E-state index in [4.69, 9.17) is 0 Å². The molecule has 0 spiro atoms. The molecule has 1 aliphatic carbocycles. The van der Waals surface area contributed by atoms with Crippen LogP contribution in [0.5, 0.6) is 0 Å². The van der Waals surface area contributed by atoms with Crippen LogP contribution in [-0.4, -0.2) is 37.3 Å². The Morgan fingerprint density at radius 1 is 1.19 bits per heavy atom. The molecular formula is C20H25N3O3S. The molecule has 1 heterocycles. The van der Waals surface area contributed by atoms with Gasteiger partial charge in [-0.3, -0.25) is 9.78 Å². The first-order valence-corrected chi connectivity index (χ1v) is 10.7. The van der Waals surface area contributed by atoms with E-state index in [-0.39, 0.29) is 12.5 Å². The number of rotatable bonds is 7. The third-order valence-corrected chi connectivity index (χ3v) is 6.30. The number of amides is 1. The van der Waals surface area contributed by atoms with Gasteiger partial charge in [0.2, 0.25) is 15.9 Å². The normalized spacial score (nSPS) is 13.8. The van der Waals surface area contributed by atoms with Gasteiger partial charge in [-0.05, 0) is 60.6 Å². The number of hydrogen-bond acceptors (Lipinski definition) is 4. The van der Waals surface area contributed by atoms with E-state index in [0.717, 1.165) is 36.8 Å². The summed E-state index contributed by atoms with van der Waals surface area (Å²) in [5.41, 5.74) is 3.29. The van der Waals surface area contributed by atoms with Crippen molar-refractivity contribution in [3.8, 4) is 0 Å². The zero-order valence-corrected chi connectivity index (χ0v) is 16.3. The highest BCUT2D eigenvalue weighted by atomic mass is 32.2. The predicted octanol–water partition coefficient (Wildman–Crippen LogP) is 2.29. The highest BCUT2D eigenvalue weighted by Crippen LogP contribution is 2.24. The summed E-state index contributed by atoms with van der Waals surface area (Å²) in [5.74, 6) is -0.105. The Morgan fingerprint density at radius 3 is 2.67 bits per heavy atom. The van der Waals surface area contributed by atoms with Crippen molar-refractivity contribution in [2.75, 3.05) is 13.1 Å². The average molecular weight is 388 g/mol. The van der Waals surface area contributed by atoms with Crippen molar-refractivity contribution in [3.63, 3.8) is 0 Å². The molecule has 27 heavy (non-hydrogen) atoms. The molecular weight excluding hydrogens is 362 g/mol. The van der Waals surface area contributed by atoms with Crippen LogP contribution in [0, 0.1) is 0 Å². The van der Waals surface area contributed by atoms with Gasteiger partial charge in [0.25, 0.3) is 0 Å². The summed E-state index contributed by atoms with van der Waals surface area (Å²) in [5, 5.41) is 0. The summed E-state index contributed by atoms with van der Waals surface area (Å²) in [6.07, 6.45) is 7.59. The van der Waals surface area contributed by atoms with Crippen molar-refractivity contribution in [1.82, 2.24) is 14.6 Å². The minimum Gasteiger partial charge on any atom is -0.337 e. The quantitative estimate of drug-likeness (QED) is 0.791. The molecule has 0 bridgehead atoms. The van der Waals surface area contributed by atoms with Crippen molar-refractivity contribution in [2.24, 2.45) is 0 Å². The fourth-order valence-corrected chi connectivity index (χ4v) is 4.41. The van der Waals surface area contributed by atoms with Crippen LogP contribution in [0.1, 0.15) is 36.5 Å². The van der Waals surface area contributed by atoms with E-state index in [0.29, 0.717) is 18.0 Å². The van der Waals surface area contributed by atoms with Crippen LogP contribution < -0.4 is 4.72 Å². The van der Waals surface area contributed by atoms with Crippen LogP contribution in [0.2, 0.25) is 0 Å². The molecule has 1 aliphatic rings. The van der Waals surface area contributed by atoms with Crippen LogP contribution in [0.4, 0.5) is 0 Å². The van der Waals surface area contributed by atoms with Crippen molar-refractivity contribution < 1.29 is 13.2 Å². The lowest BCUT2D eigenvalue weighted by atomic mass is 9.92. The zero-order valence-electron chi connectivity index (χ0n) is 15.5. The van der Waals surface area contributed by atoms with E-state index >= 15 is 0 Å². The summed E-state index contributed by atoms with van der Waals surface area (Å²) in [7, 11) is -3.59. The number of fused-ring (bicyclic) bond motifs is 1. The first-order valence-electron chi connectivity index (χ1n) is 9.21. The summed E-state index contributed by atoms with van der Waals surface area (Å²) in [6.45, 7) is 2.35. The van der Waals surface area contributed by atoms with Crippen LogP contribution in [0.3, 0.4) is 0 Å². The number of nitrogens with zero attached hydrogens (tertiary/aromatic N) is 2. The fraction of sp³-hybridized carbons (Fsp3) is 0.400. The Hall–Kier alpha value is -2.25. The molecule has 7 heteroatoms. The second kappa shape index (κ2) is 8.63. The number of sulfonamides is 1. The van der Waals surface area contributed by atoms with Crippen LogP contribution in [0.15, 0.2) is 47.6 Å². The molecule has 0 saturated carbocycles. The first-order chi connectivity index (χ1) is 13.0. The molecule has 2 aromatic rings. The number of carbonyl (C=O) groups excluding carboxylic acids is 1. The molecule has 0 radical (unpaired) electrons. The molecule has 1 aromatic heterocycles. The van der Waals surface area contributed by atoms with Crippen molar-refractivity contribution in [1.29, 1.82) is 0 Å². The van der Waals surface area contributed by atoms with E-state index in [2.05, 4.69) is 9.71 Å². The van der Waals surface area contributed by atoms with E-state index in [1.54, 1.807) is 29.4 Å². The van der Waals surface area contributed by atoms with Crippen molar-refractivity contribution in [3.05, 3.63) is 59.4 Å². The molecule has 1 N–H and O–H groups in total. The zero-order chi connectivity index (χ0) is 19.3. The summed E-state index contributed by atoms with van der Waals surface area (Å²) >= 11 is 0. The lowest BCUT2D eigenvalue weighted by Gasteiger charge is -2.21. The Labute approximate surface area is 160 Å². The van der Waals surface area contributed by atoms with E-state index in [9.17, 15) is 13.2 Å². The minimum atomic E-state index is -3.59. The Balaban J connectivity index is 1.61. The van der Waals surface area contributed by atoms with Gasteiger partial charge in [-0.25, -0.2) is 13.1 Å². The van der Waals surface area contributed by atoms with Crippen molar-refractivity contribution in [2.45, 2.75) is 44.0 Å². The number of nitrogens with one attached hydrogen (secondary N) is 1. The SMILES string of the molecule is CC(=O)N(CCNS(=O)(=O)c1ccc2c(c1)CCCC2)Cc1cccnc1. The molecule has 6 nitrogen and oxygen atoms in total. The Kier molecular flexibility index (Phi) is 6.23. The molecule has 0 aliphatic heterocycles. The monoisotopic (exact) mass is 387 g/mol. The maximum Gasteiger partial charge on any atom is 0.240 e. The number of carbonyl (C=O) groups is 1. The minimum absolute atomic E-state index is 0.105. The molecule has 0 atom stereocenters. The van der Waals surface area contributed by atoms with Gasteiger partial charge in [-0.1, -0.05) is 12.1 Å². The van der Waals surface area contributed by atoms with E-state index < -0.39 is 10.0 Å². The van der Waals surface area contributed by atoms with Gasteiger partial charge in [-0.2, -0.15) is 0 Å². The topological polar surface area (TPSA) is 79.4 Å². The summed E-state index contributed by atoms with van der Waals surface area (Å²) in [6, 6.07) is 9.08. The van der Waals surface area contributed by atoms with Gasteiger partial charge in [0.15, 0.2) is 0 Å². The van der Waals surface area contributed by atoms with Gasteiger partial charge >= 0.3 is 0 Å². The number of aromatic nitrogens is 1. The van der Waals surface area contributed by atoms with E-state index in [1.807, 2.05) is 18.2 Å². The lowest BCUT2D eigenvalue weighted by molar-refractivity contribution is -0.129. The molecule has 144 valence electrons. The van der Waals surface area contributed by atoms with Gasteiger partial charge in [0.05, 0.1) is 4.90 Å². The highest BCUT2D eigenvalue weighted by Gasteiger charge is 2.18. The predicted molar refractivity (Wildman–Crippen MR) is 104 cm³/mol. The number of pyridine rings is 1. The first kappa shape index (κ1) is 19.5. The summed E-state index contributed by atoms with van der Waals surface area (Å²) in [4.78, 5) is 17.8. The molecule has 3 rings (SSSR count). The highest BCUT2D eigenvalue weighted by molar-refractivity contribution is 7.89. The largest absolute Gasteiger partial charge is 0.337 e. The summed E-state index contributed by atoms with van der Waals surface area (Å²) < 4.78 is 27.8. The standard InChI is InChI=1S/C20H25N3O3S/c1-16(24)23(15-17-5-4-10-21-14-17)12-11-22-27(25,26)20-9-8-18-6-2-3-7-19(18)13-20/h4-5,8-10,13-14,22H,2-3,6-7,11-12,15H2,1H3. The van der Waals surface area contributed by atoms with Gasteiger partial charge in [0, 0.05) is 39.0 Å². The van der Waals surface area contributed by atoms with Crippen LogP contribution in [-0.2, 0) is 34.2 Å². The molecule has 1 aromatic carbocycles. The van der Waals surface area contributed by atoms with Crippen molar-refractivity contribution >= 4 is 15.9 Å². The second-order valence-corrected chi connectivity index (χ2v) is 8.60. The van der Waals surface area contributed by atoms with Crippen LogP contribution in [0.25, 0.3) is 0 Å². The third-order valence-electron chi connectivity index (χ3n) is 4.85. The lowest BCUT2D eigenvalue weighted by Crippen LogP contribution is -2.37. The van der Waals surface area contributed by atoms with E-state index in [1.165, 1.54) is 12.5 Å². The maximum absolute atomic E-state index is 12.6. The molecule has 1 amide bonds. The van der Waals surface area contributed by atoms with Gasteiger partial charge in [0.1, 0.15) is 0 Å². The van der Waals surface area contributed by atoms with Crippen LogP contribution >= 0.6 is 0 Å². The average Bonchev–Trinajstić information content (AvgIpc) is 2.67. The smallest absolute Gasteiger partial charge is 0.240 e. The second-order valence-electron chi connectivity index (χ2n) is 6.84. The fourth-order valence-electron chi connectivity index (χ4n) is 3.34. The van der Waals surface area contributed by atoms with Gasteiger partial charge < -0.3 is 4.90 Å². The molecule has 0 saturated heterocycles. The van der Waals surface area contributed by atoms with Gasteiger partial charge in [-0.15, -0.1) is 0 Å². The third kappa shape index (κ3) is 5.14. The Morgan fingerprint density at radius 2 is 1.96 bits per heavy atom. The number of hydrogen-bond donors (Lipinski definition) is 1. The molecule has 0 fully saturated rings. The number of aryl methyl sites for hydroxylation is 2. The maximum atomic E-state index is 12.6. The Bertz CT molecular complexity index is 898. The number of benzene rings is 1.